The number of Topliss-reactive ketones (excluding diaryl/α,β-unsaturated/α-hetero) is 1. The van der Waals surface area contributed by atoms with E-state index in [1.54, 1.807) is 53.6 Å². The lowest BCUT2D eigenvalue weighted by molar-refractivity contribution is -0.128. The SMILES string of the molecule is COCCOCCOCCN(CCCC(=O)NCC(=O)NCC(=O)NCC(=O)NCCC(C)=O)c1cc(COc2cc3c(cc2OC)C(=O)N2c4ccccc4C[C@H]2C=N3)cc(COc2cc3c(cc2OC)C(=O)N2c4ccccc4C[C@H]2C=N3)c1. The third-order valence-corrected chi connectivity index (χ3v) is 14.7. The zero-order valence-corrected chi connectivity index (χ0v) is 48.6. The highest BCUT2D eigenvalue weighted by Crippen LogP contribution is 2.43. The fraction of sp³-hybridized carbons (Fsp3) is 0.381. The molecule has 0 aromatic heterocycles. The standard InChI is InChI=1S/C63H71N9O14/c1-40(73)15-16-64-59(75)35-68-61(77)37-69-60(76)36-67-58(74)14-9-17-70(18-19-83-22-23-84-21-20-80-2)45-25-41(38-85-56-31-50-48(29-54(56)81-3)62(78)71-46(33-65-50)27-43-10-5-7-12-52(43)71)24-42(26-45)39-86-57-32-51-49(30-55(57)82-4)63(79)72-47(34-66-51)28-44-11-6-8-13-53(44)72/h5-8,10-13,24-26,29-34,46-47H,9,14-23,27-28,35-39H2,1-4H3,(H,64,75)(H,67,74)(H,68,77)(H,69,76)/t46-,47-/m0/s1. The molecular weight excluding hydrogens is 1110 g/mol. The van der Waals surface area contributed by atoms with Crippen LogP contribution in [0.5, 0.6) is 23.0 Å². The van der Waals surface area contributed by atoms with E-state index < -0.39 is 30.2 Å². The third-order valence-electron chi connectivity index (χ3n) is 14.7. The van der Waals surface area contributed by atoms with Crippen LogP contribution in [0.15, 0.2) is 101 Å². The second-order valence-corrected chi connectivity index (χ2v) is 20.8. The van der Waals surface area contributed by atoms with E-state index in [2.05, 4.69) is 26.2 Å². The van der Waals surface area contributed by atoms with Gasteiger partial charge < -0.3 is 59.3 Å². The Morgan fingerprint density at radius 2 is 1.05 bits per heavy atom. The molecular formula is C63H71N9O14. The number of rotatable bonds is 31. The zero-order chi connectivity index (χ0) is 60.5. The van der Waals surface area contributed by atoms with Crippen molar-refractivity contribution in [2.75, 3.05) is 108 Å². The van der Waals surface area contributed by atoms with Crippen molar-refractivity contribution in [3.05, 3.63) is 124 Å². The van der Waals surface area contributed by atoms with Crippen LogP contribution in [0.1, 0.15) is 69.2 Å². The summed E-state index contributed by atoms with van der Waals surface area (Å²) in [6.07, 6.45) is 5.44. The number of amides is 6. The number of carbonyl (C=O) groups excluding carboxylic acids is 7. The van der Waals surface area contributed by atoms with Crippen LogP contribution in [0.4, 0.5) is 28.4 Å². The van der Waals surface area contributed by atoms with Crippen LogP contribution in [0.3, 0.4) is 0 Å². The van der Waals surface area contributed by atoms with Crippen molar-refractivity contribution in [3.63, 3.8) is 0 Å². The number of hydrogen-bond acceptors (Lipinski definition) is 17. The lowest BCUT2D eigenvalue weighted by Gasteiger charge is -2.26. The number of aliphatic imine (C=N–C) groups is 2. The molecule has 0 saturated heterocycles. The van der Waals surface area contributed by atoms with Crippen LogP contribution in [0, 0.1) is 0 Å². The Kier molecular flexibility index (Phi) is 21.1. The van der Waals surface area contributed by atoms with E-state index in [0.717, 1.165) is 39.3 Å². The number of anilines is 3. The average Bonchev–Trinajstić information content (AvgIpc) is 1.83. The van der Waals surface area contributed by atoms with Crippen LogP contribution in [0.25, 0.3) is 0 Å². The van der Waals surface area contributed by atoms with Gasteiger partial charge in [-0.3, -0.25) is 53.3 Å². The number of nitrogens with zero attached hydrogens (tertiary/aromatic N) is 5. The zero-order valence-electron chi connectivity index (χ0n) is 48.6. The molecule has 4 N–H and O–H groups in total. The van der Waals surface area contributed by atoms with Crippen molar-refractivity contribution in [3.8, 4) is 23.0 Å². The van der Waals surface area contributed by atoms with Gasteiger partial charge >= 0.3 is 0 Å². The molecule has 0 fully saturated rings. The van der Waals surface area contributed by atoms with Gasteiger partial charge in [-0.2, -0.15) is 0 Å². The summed E-state index contributed by atoms with van der Waals surface area (Å²) in [5, 5.41) is 9.95. The van der Waals surface area contributed by atoms with Gasteiger partial charge in [-0.1, -0.05) is 36.4 Å². The Bertz CT molecular complexity index is 3230. The molecule has 2 atom stereocenters. The summed E-state index contributed by atoms with van der Waals surface area (Å²) < 4.78 is 41.6. The number of carbonyl (C=O) groups is 7. The summed E-state index contributed by atoms with van der Waals surface area (Å²) in [4.78, 5) is 105. The van der Waals surface area contributed by atoms with Gasteiger partial charge in [0.15, 0.2) is 23.0 Å². The van der Waals surface area contributed by atoms with E-state index in [0.29, 0.717) is 104 Å². The number of fused-ring (bicyclic) bond motifs is 8. The Morgan fingerprint density at radius 1 is 0.558 bits per heavy atom. The van der Waals surface area contributed by atoms with E-state index in [4.69, 9.17) is 43.1 Å². The first kappa shape index (κ1) is 61.4. The Hall–Kier alpha value is -9.19. The van der Waals surface area contributed by atoms with Crippen molar-refractivity contribution in [2.45, 2.75) is 64.3 Å². The number of para-hydroxylation sites is 2. The summed E-state index contributed by atoms with van der Waals surface area (Å²) >= 11 is 0. The molecule has 0 unspecified atom stereocenters. The highest BCUT2D eigenvalue weighted by Gasteiger charge is 2.38. The summed E-state index contributed by atoms with van der Waals surface area (Å²) in [6, 6.07) is 27.8. The van der Waals surface area contributed by atoms with Crippen LogP contribution < -0.4 is 54.9 Å². The predicted octanol–water partition coefficient (Wildman–Crippen LogP) is 5.15. The van der Waals surface area contributed by atoms with Crippen molar-refractivity contribution in [1.82, 2.24) is 21.3 Å². The van der Waals surface area contributed by atoms with Gasteiger partial charge in [0.2, 0.25) is 23.6 Å². The molecule has 23 heteroatoms. The molecule has 5 aromatic carbocycles. The van der Waals surface area contributed by atoms with Crippen LogP contribution in [0.2, 0.25) is 0 Å². The quantitative estimate of drug-likeness (QED) is 0.0418. The maximum atomic E-state index is 14.2. The first-order chi connectivity index (χ1) is 41.8. The molecule has 452 valence electrons. The van der Waals surface area contributed by atoms with Crippen molar-refractivity contribution in [1.29, 1.82) is 0 Å². The van der Waals surface area contributed by atoms with Gasteiger partial charge in [-0.05, 0) is 78.1 Å². The predicted molar refractivity (Wildman–Crippen MR) is 321 cm³/mol. The molecule has 0 spiro atoms. The molecule has 0 radical (unpaired) electrons. The number of ether oxygens (including phenoxy) is 7. The number of benzene rings is 5. The summed E-state index contributed by atoms with van der Waals surface area (Å²) in [5.41, 5.74) is 7.65. The fourth-order valence-corrected chi connectivity index (χ4v) is 10.4. The molecule has 9 rings (SSSR count). The maximum Gasteiger partial charge on any atom is 0.261 e. The first-order valence-electron chi connectivity index (χ1n) is 28.5. The Labute approximate surface area is 498 Å². The van der Waals surface area contributed by atoms with Gasteiger partial charge in [-0.15, -0.1) is 0 Å². The van der Waals surface area contributed by atoms with Crippen molar-refractivity contribution in [2.24, 2.45) is 9.98 Å². The fourth-order valence-electron chi connectivity index (χ4n) is 10.4. The minimum absolute atomic E-state index is 0.0302. The topological polar surface area (TPSA) is 267 Å². The highest BCUT2D eigenvalue weighted by molar-refractivity contribution is 6.16. The van der Waals surface area contributed by atoms with Gasteiger partial charge in [0.1, 0.15) is 19.0 Å². The molecule has 0 saturated carbocycles. The van der Waals surface area contributed by atoms with E-state index in [1.807, 2.05) is 66.7 Å². The number of ketones is 1. The number of hydrogen-bond donors (Lipinski definition) is 4. The van der Waals surface area contributed by atoms with Crippen LogP contribution in [-0.2, 0) is 64.2 Å². The van der Waals surface area contributed by atoms with Gasteiger partial charge in [0.25, 0.3) is 11.8 Å². The number of methoxy groups -OCH3 is 3. The van der Waals surface area contributed by atoms with E-state index >= 15 is 0 Å². The molecule has 6 amide bonds. The van der Waals surface area contributed by atoms with E-state index in [-0.39, 0.29) is 82.0 Å². The minimum atomic E-state index is -0.610. The van der Waals surface area contributed by atoms with Crippen molar-refractivity contribution < 1.29 is 66.7 Å². The number of nitrogens with one attached hydrogen (secondary N) is 4. The molecule has 0 bridgehead atoms. The van der Waals surface area contributed by atoms with E-state index in [1.165, 1.54) is 21.1 Å². The van der Waals surface area contributed by atoms with Gasteiger partial charge in [0, 0.05) is 94.1 Å². The second kappa shape index (κ2) is 29.6. The molecule has 4 aliphatic rings. The second-order valence-electron chi connectivity index (χ2n) is 20.8. The monoisotopic (exact) mass is 1180 g/mol. The Morgan fingerprint density at radius 3 is 1.56 bits per heavy atom. The van der Waals surface area contributed by atoms with Crippen LogP contribution in [-0.4, -0.2) is 159 Å². The molecule has 23 nitrogen and oxygen atoms in total. The van der Waals surface area contributed by atoms with E-state index in [9.17, 15) is 33.6 Å². The molecule has 4 aliphatic heterocycles. The summed E-state index contributed by atoms with van der Waals surface area (Å²) in [6.45, 7) is 3.06. The van der Waals surface area contributed by atoms with Gasteiger partial charge in [0.05, 0.1) is 101 Å². The first-order valence-corrected chi connectivity index (χ1v) is 28.5. The largest absolute Gasteiger partial charge is 0.493 e. The molecule has 5 aromatic rings. The molecule has 4 heterocycles. The van der Waals surface area contributed by atoms with Crippen LogP contribution >= 0.6 is 0 Å². The van der Waals surface area contributed by atoms with Gasteiger partial charge in [-0.25, -0.2) is 0 Å². The lowest BCUT2D eigenvalue weighted by atomic mass is 10.1. The smallest absolute Gasteiger partial charge is 0.261 e. The highest BCUT2D eigenvalue weighted by atomic mass is 16.5. The molecule has 86 heavy (non-hydrogen) atoms. The average molecular weight is 1180 g/mol. The summed E-state index contributed by atoms with van der Waals surface area (Å²) in [5.74, 6) is -1.17. The minimum Gasteiger partial charge on any atom is -0.493 e. The maximum absolute atomic E-state index is 14.2. The van der Waals surface area contributed by atoms with Crippen molar-refractivity contribution >= 4 is 82.1 Å². The lowest BCUT2D eigenvalue weighted by Crippen LogP contribution is -2.44. The Balaban J connectivity index is 0.927. The third kappa shape index (κ3) is 15.6. The molecule has 0 aliphatic carbocycles. The normalized spacial score (nSPS) is 15.0. The summed E-state index contributed by atoms with van der Waals surface area (Å²) in [7, 11) is 4.63.